The molecule has 1 rings (SSSR count). The number of anilines is 1. The van der Waals surface area contributed by atoms with E-state index in [-0.39, 0.29) is 18.7 Å². The highest BCUT2D eigenvalue weighted by Crippen LogP contribution is 2.10. The van der Waals surface area contributed by atoms with Crippen LogP contribution in [0.25, 0.3) is 0 Å². The van der Waals surface area contributed by atoms with E-state index < -0.39 is 0 Å². The van der Waals surface area contributed by atoms with Gasteiger partial charge in [-0.25, -0.2) is 4.79 Å². The number of aliphatic hydroxyl groups is 1. The van der Waals surface area contributed by atoms with Crippen molar-refractivity contribution in [2.24, 2.45) is 0 Å². The molecule has 0 heterocycles. The molecule has 0 saturated heterocycles. The van der Waals surface area contributed by atoms with Gasteiger partial charge in [0.05, 0.1) is 6.61 Å². The molecule has 0 saturated carbocycles. The van der Waals surface area contributed by atoms with Gasteiger partial charge in [0.2, 0.25) is 0 Å². The molecule has 4 heteroatoms. The summed E-state index contributed by atoms with van der Waals surface area (Å²) in [5.74, 6) is 0. The van der Waals surface area contributed by atoms with Crippen LogP contribution in [0.15, 0.2) is 24.3 Å². The second-order valence-corrected chi connectivity index (χ2v) is 4.31. The van der Waals surface area contributed by atoms with Crippen molar-refractivity contribution >= 4 is 11.7 Å². The number of carbonyl (C=O) groups is 1. The van der Waals surface area contributed by atoms with Gasteiger partial charge in [-0.1, -0.05) is 17.7 Å². The van der Waals surface area contributed by atoms with Crippen LogP contribution in [-0.2, 0) is 0 Å². The first-order valence-corrected chi connectivity index (χ1v) is 5.79. The lowest BCUT2D eigenvalue weighted by molar-refractivity contribution is 0.172. The van der Waals surface area contributed by atoms with Gasteiger partial charge in [0, 0.05) is 18.3 Å². The van der Waals surface area contributed by atoms with Crippen molar-refractivity contribution in [1.29, 1.82) is 0 Å². The summed E-state index contributed by atoms with van der Waals surface area (Å²) in [5.41, 5.74) is 1.92. The Balaban J connectivity index is 2.66. The zero-order valence-electron chi connectivity index (χ0n) is 10.6. The molecule has 0 aliphatic carbocycles. The van der Waals surface area contributed by atoms with Crippen molar-refractivity contribution < 1.29 is 9.90 Å². The van der Waals surface area contributed by atoms with E-state index in [1.54, 1.807) is 4.90 Å². The molecule has 2 amide bonds. The number of hydrogen-bond acceptors (Lipinski definition) is 2. The van der Waals surface area contributed by atoms with Gasteiger partial charge in [-0.2, -0.15) is 0 Å². The largest absolute Gasteiger partial charge is 0.395 e. The van der Waals surface area contributed by atoms with E-state index in [0.717, 1.165) is 11.3 Å². The summed E-state index contributed by atoms with van der Waals surface area (Å²) in [4.78, 5) is 13.5. The molecule has 0 radical (unpaired) electrons. The van der Waals surface area contributed by atoms with Gasteiger partial charge < -0.3 is 15.3 Å². The average Bonchev–Trinajstić information content (AvgIpc) is 2.28. The Kier molecular flexibility index (Phi) is 4.97. The summed E-state index contributed by atoms with van der Waals surface area (Å²) in [6, 6.07) is 7.50. The number of aryl methyl sites for hydroxylation is 1. The van der Waals surface area contributed by atoms with Crippen LogP contribution < -0.4 is 5.32 Å². The minimum Gasteiger partial charge on any atom is -0.395 e. The fourth-order valence-corrected chi connectivity index (χ4v) is 1.53. The summed E-state index contributed by atoms with van der Waals surface area (Å²) >= 11 is 0. The number of benzene rings is 1. The molecule has 0 aliphatic heterocycles. The van der Waals surface area contributed by atoms with Crippen LogP contribution in [0.5, 0.6) is 0 Å². The van der Waals surface area contributed by atoms with Crippen LogP contribution in [0.2, 0.25) is 0 Å². The summed E-state index contributed by atoms with van der Waals surface area (Å²) < 4.78 is 0. The number of amides is 2. The molecule has 0 fully saturated rings. The third kappa shape index (κ3) is 4.07. The summed E-state index contributed by atoms with van der Waals surface area (Å²) in [7, 11) is 0. The Morgan fingerprint density at radius 2 is 1.94 bits per heavy atom. The molecule has 1 aromatic carbocycles. The van der Waals surface area contributed by atoms with E-state index in [1.807, 2.05) is 45.0 Å². The van der Waals surface area contributed by atoms with Gasteiger partial charge >= 0.3 is 6.03 Å². The summed E-state index contributed by atoms with van der Waals surface area (Å²) in [6.07, 6.45) is 0. The van der Waals surface area contributed by atoms with Crippen LogP contribution in [0.4, 0.5) is 10.5 Å². The van der Waals surface area contributed by atoms with Crippen molar-refractivity contribution in [1.82, 2.24) is 4.90 Å². The highest BCUT2D eigenvalue weighted by atomic mass is 16.3. The van der Waals surface area contributed by atoms with Crippen LogP contribution >= 0.6 is 0 Å². The van der Waals surface area contributed by atoms with E-state index in [0.29, 0.717) is 6.54 Å². The predicted octanol–water partition coefficient (Wildman–Crippen LogP) is 2.23. The molecular weight excluding hydrogens is 216 g/mol. The number of carbonyl (C=O) groups excluding carboxylic acids is 1. The monoisotopic (exact) mass is 236 g/mol. The fourth-order valence-electron chi connectivity index (χ4n) is 1.53. The minimum atomic E-state index is -0.182. The topological polar surface area (TPSA) is 52.6 Å². The zero-order valence-corrected chi connectivity index (χ0v) is 10.6. The van der Waals surface area contributed by atoms with Gasteiger partial charge in [0.1, 0.15) is 0 Å². The van der Waals surface area contributed by atoms with Crippen molar-refractivity contribution in [3.8, 4) is 0 Å². The maximum atomic E-state index is 11.9. The van der Waals surface area contributed by atoms with Crippen LogP contribution in [-0.4, -0.2) is 35.2 Å². The van der Waals surface area contributed by atoms with Gasteiger partial charge in [0.15, 0.2) is 0 Å². The third-order valence-corrected chi connectivity index (χ3v) is 2.53. The van der Waals surface area contributed by atoms with Crippen LogP contribution in [0, 0.1) is 6.92 Å². The van der Waals surface area contributed by atoms with Gasteiger partial charge in [0.25, 0.3) is 0 Å². The van der Waals surface area contributed by atoms with Gasteiger partial charge in [-0.15, -0.1) is 0 Å². The molecule has 0 spiro atoms. The maximum Gasteiger partial charge on any atom is 0.322 e. The smallest absolute Gasteiger partial charge is 0.322 e. The minimum absolute atomic E-state index is 0.0283. The molecule has 2 N–H and O–H groups in total. The second-order valence-electron chi connectivity index (χ2n) is 4.31. The second kappa shape index (κ2) is 6.25. The first kappa shape index (κ1) is 13.5. The molecule has 0 atom stereocenters. The molecule has 0 aliphatic rings. The molecule has 0 aromatic heterocycles. The molecule has 0 unspecified atom stereocenters. The van der Waals surface area contributed by atoms with Gasteiger partial charge in [-0.05, 0) is 32.9 Å². The quantitative estimate of drug-likeness (QED) is 0.842. The number of urea groups is 1. The Hall–Kier alpha value is -1.55. The number of hydrogen-bond donors (Lipinski definition) is 2. The first-order chi connectivity index (χ1) is 8.04. The summed E-state index contributed by atoms with van der Waals surface area (Å²) in [5, 5.41) is 11.7. The number of nitrogens with zero attached hydrogens (tertiary/aromatic N) is 1. The Morgan fingerprint density at radius 1 is 1.35 bits per heavy atom. The molecule has 0 bridgehead atoms. The highest BCUT2D eigenvalue weighted by molar-refractivity contribution is 5.89. The molecule has 17 heavy (non-hydrogen) atoms. The van der Waals surface area contributed by atoms with Crippen molar-refractivity contribution in [3.05, 3.63) is 29.8 Å². The van der Waals surface area contributed by atoms with Crippen molar-refractivity contribution in [2.75, 3.05) is 18.5 Å². The van der Waals surface area contributed by atoms with Crippen molar-refractivity contribution in [3.63, 3.8) is 0 Å². The van der Waals surface area contributed by atoms with E-state index in [9.17, 15) is 4.79 Å². The standard InChI is InChI=1S/C13H20N2O2/c1-10(2)15(8-9-16)13(17)14-12-6-4-11(3)5-7-12/h4-7,10,16H,8-9H2,1-3H3,(H,14,17). The summed E-state index contributed by atoms with van der Waals surface area (Å²) in [6.45, 7) is 6.15. The molecule has 1 aromatic rings. The lowest BCUT2D eigenvalue weighted by Crippen LogP contribution is -2.41. The molecule has 4 nitrogen and oxygen atoms in total. The Labute approximate surface area is 102 Å². The Morgan fingerprint density at radius 3 is 2.41 bits per heavy atom. The lowest BCUT2D eigenvalue weighted by atomic mass is 10.2. The van der Waals surface area contributed by atoms with Crippen LogP contribution in [0.1, 0.15) is 19.4 Å². The van der Waals surface area contributed by atoms with E-state index in [4.69, 9.17) is 5.11 Å². The first-order valence-electron chi connectivity index (χ1n) is 5.79. The fraction of sp³-hybridized carbons (Fsp3) is 0.462. The normalized spacial score (nSPS) is 10.4. The van der Waals surface area contributed by atoms with Gasteiger partial charge in [-0.3, -0.25) is 0 Å². The Bertz CT molecular complexity index is 360. The maximum absolute atomic E-state index is 11.9. The number of aliphatic hydroxyl groups excluding tert-OH is 1. The predicted molar refractivity (Wildman–Crippen MR) is 69.1 cm³/mol. The zero-order chi connectivity index (χ0) is 12.8. The van der Waals surface area contributed by atoms with E-state index in [1.165, 1.54) is 0 Å². The number of nitrogens with one attached hydrogen (secondary N) is 1. The number of rotatable bonds is 4. The SMILES string of the molecule is Cc1ccc(NC(=O)N(CCO)C(C)C)cc1. The molecule has 94 valence electrons. The van der Waals surface area contributed by atoms with E-state index in [2.05, 4.69) is 5.32 Å². The third-order valence-electron chi connectivity index (χ3n) is 2.53. The molecular formula is C13H20N2O2. The van der Waals surface area contributed by atoms with Crippen molar-refractivity contribution in [2.45, 2.75) is 26.8 Å². The highest BCUT2D eigenvalue weighted by Gasteiger charge is 2.15. The van der Waals surface area contributed by atoms with Crippen LogP contribution in [0.3, 0.4) is 0 Å². The lowest BCUT2D eigenvalue weighted by Gasteiger charge is -2.26. The van der Waals surface area contributed by atoms with E-state index >= 15 is 0 Å². The average molecular weight is 236 g/mol.